The Hall–Kier alpha value is -1.71. The van der Waals surface area contributed by atoms with Crippen molar-refractivity contribution in [2.45, 2.75) is 25.8 Å². The van der Waals surface area contributed by atoms with Gasteiger partial charge in [0, 0.05) is 6.04 Å². The van der Waals surface area contributed by atoms with Crippen molar-refractivity contribution in [2.24, 2.45) is 0 Å². The summed E-state index contributed by atoms with van der Waals surface area (Å²) in [6, 6.07) is 5.89. The molecular weight excluding hydrogens is 204 g/mol. The molecule has 0 unspecified atom stereocenters. The topological polar surface area (TPSA) is 50.4 Å². The van der Waals surface area contributed by atoms with Crippen LogP contribution < -0.4 is 15.4 Å². The van der Waals surface area contributed by atoms with Gasteiger partial charge in [-0.3, -0.25) is 0 Å². The molecule has 1 aliphatic rings. The van der Waals surface area contributed by atoms with Crippen molar-refractivity contribution >= 4 is 11.7 Å². The summed E-state index contributed by atoms with van der Waals surface area (Å²) in [6.07, 6.45) is 2.16. The average Bonchev–Trinajstić information content (AvgIpc) is 3.02. The van der Waals surface area contributed by atoms with Gasteiger partial charge in [0.25, 0.3) is 0 Å². The van der Waals surface area contributed by atoms with Crippen LogP contribution in [0, 0.1) is 6.92 Å². The van der Waals surface area contributed by atoms with E-state index in [9.17, 15) is 4.79 Å². The molecule has 1 saturated carbocycles. The van der Waals surface area contributed by atoms with Gasteiger partial charge in [0.15, 0.2) is 0 Å². The highest BCUT2D eigenvalue weighted by atomic mass is 16.5. The molecule has 86 valence electrons. The maximum absolute atomic E-state index is 11.6. The van der Waals surface area contributed by atoms with Crippen molar-refractivity contribution in [3.63, 3.8) is 0 Å². The van der Waals surface area contributed by atoms with E-state index >= 15 is 0 Å². The fourth-order valence-corrected chi connectivity index (χ4v) is 1.49. The molecule has 0 bridgehead atoms. The first-order chi connectivity index (χ1) is 7.69. The maximum Gasteiger partial charge on any atom is 0.319 e. The van der Waals surface area contributed by atoms with E-state index in [-0.39, 0.29) is 6.03 Å². The number of amides is 2. The summed E-state index contributed by atoms with van der Waals surface area (Å²) >= 11 is 0. The van der Waals surface area contributed by atoms with Gasteiger partial charge in [0.05, 0.1) is 12.8 Å². The molecule has 0 atom stereocenters. The van der Waals surface area contributed by atoms with Gasteiger partial charge in [-0.05, 0) is 37.5 Å². The van der Waals surface area contributed by atoms with Gasteiger partial charge in [0.1, 0.15) is 5.75 Å². The van der Waals surface area contributed by atoms with E-state index in [0.29, 0.717) is 17.5 Å². The van der Waals surface area contributed by atoms with Crippen LogP contribution in [-0.2, 0) is 0 Å². The first kappa shape index (κ1) is 10.8. The molecule has 1 aliphatic carbocycles. The number of carbonyl (C=O) groups excluding carboxylic acids is 1. The van der Waals surface area contributed by atoms with Crippen LogP contribution in [0.15, 0.2) is 18.2 Å². The monoisotopic (exact) mass is 220 g/mol. The van der Waals surface area contributed by atoms with Crippen molar-refractivity contribution < 1.29 is 9.53 Å². The second-order valence-electron chi connectivity index (χ2n) is 4.08. The molecule has 0 saturated heterocycles. The molecule has 1 aromatic carbocycles. The molecule has 0 aliphatic heterocycles. The highest BCUT2D eigenvalue weighted by Gasteiger charge is 2.23. The van der Waals surface area contributed by atoms with Gasteiger partial charge in [-0.25, -0.2) is 4.79 Å². The minimum absolute atomic E-state index is 0.161. The number of rotatable bonds is 3. The third-order valence-electron chi connectivity index (χ3n) is 2.52. The zero-order valence-corrected chi connectivity index (χ0v) is 9.54. The second-order valence-corrected chi connectivity index (χ2v) is 4.08. The molecule has 1 fully saturated rings. The largest absolute Gasteiger partial charge is 0.495 e. The van der Waals surface area contributed by atoms with Crippen molar-refractivity contribution in [3.8, 4) is 5.75 Å². The number of methoxy groups -OCH3 is 1. The lowest BCUT2D eigenvalue weighted by Gasteiger charge is -2.11. The predicted octanol–water partition coefficient (Wildman–Crippen LogP) is 2.29. The summed E-state index contributed by atoms with van der Waals surface area (Å²) < 4.78 is 5.18. The van der Waals surface area contributed by atoms with Crippen LogP contribution >= 0.6 is 0 Å². The Morgan fingerprint density at radius 1 is 1.44 bits per heavy atom. The Balaban J connectivity index is 2.05. The van der Waals surface area contributed by atoms with Gasteiger partial charge in [-0.15, -0.1) is 0 Å². The lowest BCUT2D eigenvalue weighted by Crippen LogP contribution is -2.30. The minimum Gasteiger partial charge on any atom is -0.495 e. The highest BCUT2D eigenvalue weighted by Crippen LogP contribution is 2.25. The van der Waals surface area contributed by atoms with E-state index in [1.54, 1.807) is 7.11 Å². The van der Waals surface area contributed by atoms with Crippen molar-refractivity contribution in [2.75, 3.05) is 12.4 Å². The number of carbonyl (C=O) groups is 1. The average molecular weight is 220 g/mol. The SMILES string of the molecule is COc1ccc(C)cc1NC(=O)NC1CC1. The number of benzene rings is 1. The van der Waals surface area contributed by atoms with Crippen LogP contribution in [-0.4, -0.2) is 19.2 Å². The van der Waals surface area contributed by atoms with Crippen LogP contribution in [0.2, 0.25) is 0 Å². The standard InChI is InChI=1S/C12H16N2O2/c1-8-3-6-11(16-2)10(7-8)14-12(15)13-9-4-5-9/h3,6-7,9H,4-5H2,1-2H3,(H2,13,14,15). The quantitative estimate of drug-likeness (QED) is 0.821. The number of hydrogen-bond acceptors (Lipinski definition) is 2. The number of anilines is 1. The first-order valence-corrected chi connectivity index (χ1v) is 5.41. The Bertz CT molecular complexity index is 400. The van der Waals surface area contributed by atoms with Crippen LogP contribution in [0.3, 0.4) is 0 Å². The molecule has 16 heavy (non-hydrogen) atoms. The zero-order chi connectivity index (χ0) is 11.5. The van der Waals surface area contributed by atoms with Gasteiger partial charge < -0.3 is 15.4 Å². The van der Waals surface area contributed by atoms with E-state index < -0.39 is 0 Å². The zero-order valence-electron chi connectivity index (χ0n) is 9.54. The number of nitrogens with one attached hydrogen (secondary N) is 2. The van der Waals surface area contributed by atoms with Crippen LogP contribution in [0.4, 0.5) is 10.5 Å². The van der Waals surface area contributed by atoms with E-state index in [4.69, 9.17) is 4.74 Å². The molecular formula is C12H16N2O2. The van der Waals surface area contributed by atoms with Gasteiger partial charge in [-0.1, -0.05) is 6.07 Å². The van der Waals surface area contributed by atoms with E-state index in [2.05, 4.69) is 10.6 Å². The van der Waals surface area contributed by atoms with E-state index in [1.807, 2.05) is 25.1 Å². The third kappa shape index (κ3) is 2.66. The number of urea groups is 1. The minimum atomic E-state index is -0.161. The van der Waals surface area contributed by atoms with Gasteiger partial charge in [0.2, 0.25) is 0 Å². The molecule has 2 amide bonds. The predicted molar refractivity (Wildman–Crippen MR) is 62.9 cm³/mol. The molecule has 0 heterocycles. The number of hydrogen-bond donors (Lipinski definition) is 2. The lowest BCUT2D eigenvalue weighted by molar-refractivity contribution is 0.251. The Kier molecular flexibility index (Phi) is 2.99. The Labute approximate surface area is 95.0 Å². The summed E-state index contributed by atoms with van der Waals surface area (Å²) in [7, 11) is 1.59. The molecule has 1 aromatic rings. The van der Waals surface area contributed by atoms with Crippen LogP contribution in [0.25, 0.3) is 0 Å². The summed E-state index contributed by atoms with van der Waals surface area (Å²) in [6.45, 7) is 1.98. The smallest absolute Gasteiger partial charge is 0.319 e. The number of ether oxygens (including phenoxy) is 1. The van der Waals surface area contributed by atoms with Crippen molar-refractivity contribution in [1.82, 2.24) is 5.32 Å². The van der Waals surface area contributed by atoms with Crippen molar-refractivity contribution in [3.05, 3.63) is 23.8 Å². The molecule has 2 N–H and O–H groups in total. The number of aryl methyl sites for hydroxylation is 1. The first-order valence-electron chi connectivity index (χ1n) is 5.41. The van der Waals surface area contributed by atoms with Gasteiger partial charge >= 0.3 is 6.03 Å². The third-order valence-corrected chi connectivity index (χ3v) is 2.52. The molecule has 4 heteroatoms. The highest BCUT2D eigenvalue weighted by molar-refractivity contribution is 5.91. The van der Waals surface area contributed by atoms with E-state index in [0.717, 1.165) is 18.4 Å². The van der Waals surface area contributed by atoms with E-state index in [1.165, 1.54) is 0 Å². The lowest BCUT2D eigenvalue weighted by atomic mass is 10.2. The fourth-order valence-electron chi connectivity index (χ4n) is 1.49. The Morgan fingerprint density at radius 2 is 2.19 bits per heavy atom. The summed E-state index contributed by atoms with van der Waals surface area (Å²) in [5, 5.41) is 5.67. The Morgan fingerprint density at radius 3 is 2.81 bits per heavy atom. The van der Waals surface area contributed by atoms with Crippen LogP contribution in [0.5, 0.6) is 5.75 Å². The summed E-state index contributed by atoms with van der Waals surface area (Å²) in [5.74, 6) is 0.677. The fraction of sp³-hybridized carbons (Fsp3) is 0.417. The molecule has 0 spiro atoms. The molecule has 2 rings (SSSR count). The van der Waals surface area contributed by atoms with Crippen LogP contribution in [0.1, 0.15) is 18.4 Å². The molecule has 0 radical (unpaired) electrons. The second kappa shape index (κ2) is 4.43. The van der Waals surface area contributed by atoms with Gasteiger partial charge in [-0.2, -0.15) is 0 Å². The molecule has 4 nitrogen and oxygen atoms in total. The normalized spacial score (nSPS) is 14.4. The molecule has 0 aromatic heterocycles. The van der Waals surface area contributed by atoms with Crippen molar-refractivity contribution in [1.29, 1.82) is 0 Å². The summed E-state index contributed by atoms with van der Waals surface area (Å²) in [4.78, 5) is 11.6. The summed E-state index contributed by atoms with van der Waals surface area (Å²) in [5.41, 5.74) is 1.79. The maximum atomic E-state index is 11.6.